The molecule has 2 N–H and O–H groups in total. The quantitative estimate of drug-likeness (QED) is 0.189. The Morgan fingerprint density at radius 2 is 1.74 bits per heavy atom. The standard InChI is InChI=1S/C26H21Cl2N3O6S.Na/c1-3-14-8-11-21(38(34,35)36)24(22(14)28)31-30-23-17-7-5-4-6-15(17)12-18(25(23)32)26(33)29-16-9-10-20(37-2)19(27)13-16;/h4-13,32H,3H2,1-2H3,(H,29,33)(H,34,35,36);/q;+1/p-1. The monoisotopic (exact) mass is 595 g/mol. The molecular weight excluding hydrogens is 576 g/mol. The fourth-order valence-electron chi connectivity index (χ4n) is 3.78. The first-order valence-electron chi connectivity index (χ1n) is 11.1. The van der Waals surface area contributed by atoms with Crippen molar-refractivity contribution in [1.82, 2.24) is 0 Å². The number of aryl methyl sites for hydroxylation is 1. The van der Waals surface area contributed by atoms with E-state index in [-0.39, 0.29) is 56.5 Å². The van der Waals surface area contributed by atoms with Crippen LogP contribution in [0.3, 0.4) is 0 Å². The number of benzene rings is 4. The van der Waals surface area contributed by atoms with Gasteiger partial charge in [-0.3, -0.25) is 9.35 Å². The molecule has 0 bridgehead atoms. The Bertz CT molecular complexity index is 1710. The molecule has 0 radical (unpaired) electrons. The number of ether oxygens (including phenoxy) is 1. The van der Waals surface area contributed by atoms with E-state index >= 15 is 0 Å². The number of fused-ring (bicyclic) bond motifs is 1. The zero-order valence-electron chi connectivity index (χ0n) is 21.0. The summed E-state index contributed by atoms with van der Waals surface area (Å²) >= 11 is 12.5. The van der Waals surface area contributed by atoms with Gasteiger partial charge in [-0.25, -0.2) is 0 Å². The minimum atomic E-state index is -4.70. The molecule has 0 aliphatic heterocycles. The first-order valence-corrected chi connectivity index (χ1v) is 13.3. The first kappa shape index (κ1) is 30.8. The Morgan fingerprint density at radius 3 is 2.38 bits per heavy atom. The Hall–Kier alpha value is -2.70. The van der Waals surface area contributed by atoms with Crippen molar-refractivity contribution in [2.75, 3.05) is 12.4 Å². The van der Waals surface area contributed by atoms with E-state index in [1.165, 1.54) is 25.3 Å². The van der Waals surface area contributed by atoms with Crippen LogP contribution in [-0.4, -0.2) is 26.0 Å². The van der Waals surface area contributed by atoms with Crippen LogP contribution < -0.4 is 44.7 Å². The molecular formula is C26H20Cl2N3NaO6S. The normalized spacial score (nSPS) is 11.4. The molecule has 0 atom stereocenters. The molecule has 0 spiro atoms. The number of azo groups is 1. The summed E-state index contributed by atoms with van der Waals surface area (Å²) in [6, 6.07) is 15.3. The number of rotatable bonds is 7. The molecule has 0 fully saturated rings. The van der Waals surface area contributed by atoms with Crippen LogP contribution >= 0.6 is 23.2 Å². The maximum Gasteiger partial charge on any atom is 1.00 e. The molecule has 9 nitrogen and oxygen atoms in total. The Kier molecular flexibility index (Phi) is 10.0. The zero-order valence-corrected chi connectivity index (χ0v) is 25.4. The van der Waals surface area contributed by atoms with Gasteiger partial charge in [0.1, 0.15) is 16.3 Å². The maximum absolute atomic E-state index is 13.4. The second kappa shape index (κ2) is 12.6. The van der Waals surface area contributed by atoms with Gasteiger partial charge in [-0.2, -0.15) is 13.5 Å². The number of hydrogen-bond donors (Lipinski definition) is 2. The number of anilines is 1. The van der Waals surface area contributed by atoms with E-state index in [2.05, 4.69) is 15.5 Å². The SMILES string of the molecule is CCc1ccc(S(=O)(=O)O)c(N=Nc2c([O-])c(C(=O)Nc3ccc(OC)c(Cl)c3)cc3ccccc23)c1Cl.[Na+]. The van der Waals surface area contributed by atoms with Crippen molar-refractivity contribution in [3.63, 3.8) is 0 Å². The van der Waals surface area contributed by atoms with Crippen LogP contribution in [0.5, 0.6) is 11.5 Å². The van der Waals surface area contributed by atoms with Crippen molar-refractivity contribution in [2.45, 2.75) is 18.2 Å². The summed E-state index contributed by atoms with van der Waals surface area (Å²) < 4.78 is 38.7. The van der Waals surface area contributed by atoms with Crippen LogP contribution in [0, 0.1) is 0 Å². The number of methoxy groups -OCH3 is 1. The molecule has 0 aliphatic carbocycles. The van der Waals surface area contributed by atoms with Gasteiger partial charge in [-0.05, 0) is 47.7 Å². The van der Waals surface area contributed by atoms with E-state index in [1.807, 2.05) is 0 Å². The molecule has 0 saturated carbocycles. The van der Waals surface area contributed by atoms with Crippen LogP contribution in [0.25, 0.3) is 10.8 Å². The topological polar surface area (TPSA) is 140 Å². The van der Waals surface area contributed by atoms with Gasteiger partial charge >= 0.3 is 29.6 Å². The number of nitrogens with one attached hydrogen (secondary N) is 1. The Labute approximate surface area is 256 Å². The van der Waals surface area contributed by atoms with Gasteiger partial charge in [0.2, 0.25) is 0 Å². The zero-order chi connectivity index (χ0) is 27.6. The third-order valence-corrected chi connectivity index (χ3v) is 7.30. The van der Waals surface area contributed by atoms with Crippen molar-refractivity contribution in [2.24, 2.45) is 10.2 Å². The number of amides is 1. The molecule has 4 aromatic carbocycles. The summed E-state index contributed by atoms with van der Waals surface area (Å²) in [4.78, 5) is 12.5. The van der Waals surface area contributed by atoms with Crippen LogP contribution in [0.1, 0.15) is 22.8 Å². The summed E-state index contributed by atoms with van der Waals surface area (Å²) in [7, 11) is -3.25. The van der Waals surface area contributed by atoms with E-state index in [0.717, 1.165) is 6.07 Å². The largest absolute Gasteiger partial charge is 1.00 e. The van der Waals surface area contributed by atoms with Crippen molar-refractivity contribution < 1.29 is 57.2 Å². The minimum Gasteiger partial charge on any atom is -0.870 e. The van der Waals surface area contributed by atoms with E-state index < -0.39 is 26.7 Å². The maximum atomic E-state index is 13.4. The van der Waals surface area contributed by atoms with E-state index in [4.69, 9.17) is 27.9 Å². The summed E-state index contributed by atoms with van der Waals surface area (Å²) in [5.41, 5.74) is 0.136. The summed E-state index contributed by atoms with van der Waals surface area (Å²) in [6.07, 6.45) is 0.452. The molecule has 196 valence electrons. The average Bonchev–Trinajstić information content (AvgIpc) is 2.87. The molecule has 13 heteroatoms. The smallest absolute Gasteiger partial charge is 0.870 e. The van der Waals surface area contributed by atoms with E-state index in [1.54, 1.807) is 43.3 Å². The summed E-state index contributed by atoms with van der Waals surface area (Å²) in [5, 5.41) is 25.2. The van der Waals surface area contributed by atoms with Gasteiger partial charge in [0.25, 0.3) is 16.0 Å². The van der Waals surface area contributed by atoms with Gasteiger partial charge < -0.3 is 15.2 Å². The van der Waals surface area contributed by atoms with Crippen LogP contribution in [-0.2, 0) is 16.5 Å². The van der Waals surface area contributed by atoms with Crippen molar-refractivity contribution >= 4 is 67.1 Å². The second-order valence-electron chi connectivity index (χ2n) is 8.04. The van der Waals surface area contributed by atoms with Gasteiger partial charge in [-0.15, -0.1) is 5.11 Å². The van der Waals surface area contributed by atoms with Crippen LogP contribution in [0.4, 0.5) is 17.1 Å². The number of carbonyl (C=O) groups excluding carboxylic acids is 1. The number of carbonyl (C=O) groups is 1. The molecule has 0 unspecified atom stereocenters. The molecule has 1 amide bonds. The Morgan fingerprint density at radius 1 is 1.05 bits per heavy atom. The molecule has 0 aromatic heterocycles. The predicted molar refractivity (Wildman–Crippen MR) is 144 cm³/mol. The third-order valence-electron chi connectivity index (χ3n) is 5.70. The molecule has 39 heavy (non-hydrogen) atoms. The van der Waals surface area contributed by atoms with Crippen LogP contribution in [0.2, 0.25) is 10.0 Å². The van der Waals surface area contributed by atoms with E-state index in [0.29, 0.717) is 34.2 Å². The fraction of sp³-hybridized carbons (Fsp3) is 0.115. The van der Waals surface area contributed by atoms with Crippen molar-refractivity contribution in [1.29, 1.82) is 0 Å². The van der Waals surface area contributed by atoms with Crippen LogP contribution in [0.15, 0.2) is 75.8 Å². The molecule has 4 rings (SSSR count). The van der Waals surface area contributed by atoms with Gasteiger partial charge in [-0.1, -0.05) is 66.2 Å². The molecule has 0 heterocycles. The number of hydrogen-bond acceptors (Lipinski definition) is 7. The summed E-state index contributed by atoms with van der Waals surface area (Å²) in [5.74, 6) is -1.05. The van der Waals surface area contributed by atoms with Gasteiger partial charge in [0.05, 0.1) is 22.8 Å². The van der Waals surface area contributed by atoms with Gasteiger partial charge in [0.15, 0.2) is 0 Å². The Balaban J connectivity index is 0.00000420. The minimum absolute atomic E-state index is 0. The second-order valence-corrected chi connectivity index (χ2v) is 10.2. The molecule has 0 aliphatic rings. The molecule has 0 saturated heterocycles. The van der Waals surface area contributed by atoms with Gasteiger partial charge in [0, 0.05) is 16.6 Å². The van der Waals surface area contributed by atoms with Crippen molar-refractivity contribution in [3.8, 4) is 11.5 Å². The van der Waals surface area contributed by atoms with E-state index in [9.17, 15) is 22.9 Å². The number of halogens is 2. The summed E-state index contributed by atoms with van der Waals surface area (Å²) in [6.45, 7) is 1.80. The predicted octanol–water partition coefficient (Wildman–Crippen LogP) is 3.71. The third kappa shape index (κ3) is 6.55. The first-order chi connectivity index (χ1) is 18.0. The number of nitrogens with zero attached hydrogens (tertiary/aromatic N) is 2. The fourth-order valence-corrected chi connectivity index (χ4v) is 5.06. The van der Waals surface area contributed by atoms with Crippen molar-refractivity contribution in [3.05, 3.63) is 81.8 Å². The molecule has 4 aromatic rings. The average molecular weight is 596 g/mol.